The summed E-state index contributed by atoms with van der Waals surface area (Å²) in [6.45, 7) is 1.71. The van der Waals surface area contributed by atoms with E-state index in [0.29, 0.717) is 11.4 Å². The summed E-state index contributed by atoms with van der Waals surface area (Å²) in [5.74, 6) is -0.880. The molecule has 0 atom stereocenters. The van der Waals surface area contributed by atoms with Crippen molar-refractivity contribution >= 4 is 22.0 Å². The van der Waals surface area contributed by atoms with Crippen molar-refractivity contribution in [2.45, 2.75) is 20.0 Å². The highest BCUT2D eigenvalue weighted by Gasteiger charge is 2.17. The molecule has 0 N–H and O–H groups in total. The van der Waals surface area contributed by atoms with Gasteiger partial charge in [-0.25, -0.2) is 9.37 Å². The molecule has 10 heteroatoms. The van der Waals surface area contributed by atoms with Crippen LogP contribution in [-0.4, -0.2) is 19.5 Å². The van der Waals surface area contributed by atoms with Gasteiger partial charge in [-0.1, -0.05) is 18.3 Å². The van der Waals surface area contributed by atoms with Crippen LogP contribution in [0.5, 0.6) is 5.75 Å². The molecule has 0 saturated carbocycles. The van der Waals surface area contributed by atoms with Gasteiger partial charge in [0.1, 0.15) is 17.4 Å². The average Bonchev–Trinajstić information content (AvgIpc) is 2.96. The number of nitro benzene ring substituents is 1. The molecule has 0 unspecified atom stereocenters. The largest absolute Gasteiger partial charge is 0.480 e. The smallest absolute Gasteiger partial charge is 0.311 e. The van der Waals surface area contributed by atoms with E-state index in [-0.39, 0.29) is 29.3 Å². The van der Waals surface area contributed by atoms with Crippen molar-refractivity contribution in [2.75, 3.05) is 0 Å². The lowest BCUT2D eigenvalue weighted by Crippen LogP contribution is -2.16. The Morgan fingerprint density at radius 1 is 1.42 bits per heavy atom. The van der Waals surface area contributed by atoms with E-state index in [2.05, 4.69) is 10.1 Å². The predicted molar refractivity (Wildman–Crippen MR) is 83.9 cm³/mol. The number of halogens is 1. The third-order valence-electron chi connectivity index (χ3n) is 3.14. The molecule has 1 aromatic carbocycles. The standard InChI is InChI=1S/C14H11FN4O4S/c1-2-12-17-18-13(20)6-9(16-14(18)24-12)7-23-11-5-8(15)3-4-10(11)19(21)22/h3-6H,2,7H2,1H3. The molecule has 3 aromatic rings. The first-order valence-electron chi connectivity index (χ1n) is 6.93. The van der Waals surface area contributed by atoms with E-state index in [1.54, 1.807) is 0 Å². The van der Waals surface area contributed by atoms with Crippen molar-refractivity contribution in [3.05, 3.63) is 61.3 Å². The van der Waals surface area contributed by atoms with Crippen molar-refractivity contribution in [1.82, 2.24) is 14.6 Å². The molecule has 0 aliphatic heterocycles. The lowest BCUT2D eigenvalue weighted by atomic mass is 10.3. The zero-order chi connectivity index (χ0) is 17.3. The third kappa shape index (κ3) is 3.08. The van der Waals surface area contributed by atoms with Crippen LogP contribution in [-0.2, 0) is 13.0 Å². The highest BCUT2D eigenvalue weighted by molar-refractivity contribution is 7.16. The molecule has 2 aromatic heterocycles. The molecule has 2 heterocycles. The zero-order valence-electron chi connectivity index (χ0n) is 12.4. The normalized spacial score (nSPS) is 10.9. The minimum atomic E-state index is -0.670. The SMILES string of the molecule is CCc1nn2c(=O)cc(COc3cc(F)ccc3[N+](=O)[O-])nc2s1. The summed E-state index contributed by atoms with van der Waals surface area (Å²) in [5.41, 5.74) is -0.451. The van der Waals surface area contributed by atoms with Gasteiger partial charge in [0, 0.05) is 18.2 Å². The first-order chi connectivity index (χ1) is 11.5. The quantitative estimate of drug-likeness (QED) is 0.517. The summed E-state index contributed by atoms with van der Waals surface area (Å²) >= 11 is 1.27. The molecular weight excluding hydrogens is 339 g/mol. The fourth-order valence-electron chi connectivity index (χ4n) is 2.02. The van der Waals surface area contributed by atoms with Crippen LogP contribution in [0.15, 0.2) is 29.1 Å². The summed E-state index contributed by atoms with van der Waals surface area (Å²) < 4.78 is 19.8. The van der Waals surface area contributed by atoms with E-state index in [0.717, 1.165) is 23.2 Å². The molecule has 0 spiro atoms. The van der Waals surface area contributed by atoms with Crippen LogP contribution < -0.4 is 10.3 Å². The number of rotatable bonds is 5. The Kier molecular flexibility index (Phi) is 4.21. The molecule has 124 valence electrons. The third-order valence-corrected chi connectivity index (χ3v) is 4.19. The molecule has 0 amide bonds. The maximum atomic E-state index is 13.3. The van der Waals surface area contributed by atoms with E-state index in [1.807, 2.05) is 6.92 Å². The number of aromatic nitrogens is 3. The molecule has 0 bridgehead atoms. The summed E-state index contributed by atoms with van der Waals surface area (Å²) in [6.07, 6.45) is 0.675. The molecular formula is C14H11FN4O4S. The summed E-state index contributed by atoms with van der Waals surface area (Å²) in [5, 5.41) is 15.8. The highest BCUT2D eigenvalue weighted by atomic mass is 32.1. The Morgan fingerprint density at radius 3 is 2.92 bits per heavy atom. The van der Waals surface area contributed by atoms with E-state index < -0.39 is 10.7 Å². The Morgan fingerprint density at radius 2 is 2.21 bits per heavy atom. The number of nitrogens with zero attached hydrogens (tertiary/aromatic N) is 4. The van der Waals surface area contributed by atoms with Crippen LogP contribution in [0.25, 0.3) is 4.96 Å². The van der Waals surface area contributed by atoms with E-state index >= 15 is 0 Å². The Labute approximate surface area is 138 Å². The number of hydrogen-bond donors (Lipinski definition) is 0. The first kappa shape index (κ1) is 16.0. The van der Waals surface area contributed by atoms with Gasteiger partial charge in [-0.3, -0.25) is 14.9 Å². The Bertz CT molecular complexity index is 985. The molecule has 0 saturated heterocycles. The number of ether oxygens (including phenoxy) is 1. The van der Waals surface area contributed by atoms with Crippen LogP contribution in [0.2, 0.25) is 0 Å². The van der Waals surface area contributed by atoms with E-state index in [4.69, 9.17) is 4.74 Å². The van der Waals surface area contributed by atoms with Crippen molar-refractivity contribution in [3.8, 4) is 5.75 Å². The highest BCUT2D eigenvalue weighted by Crippen LogP contribution is 2.28. The molecule has 8 nitrogen and oxygen atoms in total. The van der Waals surface area contributed by atoms with Crippen molar-refractivity contribution < 1.29 is 14.1 Å². The fraction of sp³-hybridized carbons (Fsp3) is 0.214. The molecule has 0 fully saturated rings. The summed E-state index contributed by atoms with van der Waals surface area (Å²) in [4.78, 5) is 26.9. The average molecular weight is 350 g/mol. The second-order valence-corrected chi connectivity index (χ2v) is 5.83. The van der Waals surface area contributed by atoms with Gasteiger partial charge in [0.2, 0.25) is 4.96 Å². The zero-order valence-corrected chi connectivity index (χ0v) is 13.2. The van der Waals surface area contributed by atoms with Gasteiger partial charge in [-0.05, 0) is 12.5 Å². The van der Waals surface area contributed by atoms with Crippen LogP contribution in [0, 0.1) is 15.9 Å². The van der Waals surface area contributed by atoms with Crippen molar-refractivity contribution in [3.63, 3.8) is 0 Å². The minimum Gasteiger partial charge on any atom is -0.480 e. The van der Waals surface area contributed by atoms with Crippen molar-refractivity contribution in [2.24, 2.45) is 0 Å². The van der Waals surface area contributed by atoms with E-state index in [1.165, 1.54) is 21.9 Å². The monoisotopic (exact) mass is 350 g/mol. The summed E-state index contributed by atoms with van der Waals surface area (Å²) in [6, 6.07) is 4.15. The van der Waals surface area contributed by atoms with Crippen LogP contribution in [0.1, 0.15) is 17.6 Å². The lowest BCUT2D eigenvalue weighted by Gasteiger charge is -2.06. The van der Waals surface area contributed by atoms with Gasteiger partial charge in [-0.15, -0.1) is 0 Å². The molecule has 24 heavy (non-hydrogen) atoms. The van der Waals surface area contributed by atoms with Gasteiger partial charge < -0.3 is 4.74 Å². The van der Waals surface area contributed by atoms with Gasteiger partial charge in [-0.2, -0.15) is 9.61 Å². The molecule has 3 rings (SSSR count). The first-order valence-corrected chi connectivity index (χ1v) is 7.75. The van der Waals surface area contributed by atoms with Gasteiger partial charge in [0.25, 0.3) is 5.56 Å². The molecule has 0 aliphatic rings. The minimum absolute atomic E-state index is 0.199. The van der Waals surface area contributed by atoms with Crippen LogP contribution in [0.3, 0.4) is 0 Å². The Balaban J connectivity index is 1.90. The number of hydrogen-bond acceptors (Lipinski definition) is 7. The van der Waals surface area contributed by atoms with Gasteiger partial charge in [0.05, 0.1) is 10.6 Å². The maximum absolute atomic E-state index is 13.3. The number of aryl methyl sites for hydroxylation is 1. The topological polar surface area (TPSA) is 99.6 Å². The van der Waals surface area contributed by atoms with Gasteiger partial charge >= 0.3 is 5.69 Å². The summed E-state index contributed by atoms with van der Waals surface area (Å²) in [7, 11) is 0. The number of nitro groups is 1. The predicted octanol–water partition coefficient (Wildman–Crippen LogP) is 2.34. The maximum Gasteiger partial charge on any atom is 0.311 e. The Hall–Kier alpha value is -2.88. The number of benzene rings is 1. The van der Waals surface area contributed by atoms with Crippen LogP contribution >= 0.6 is 11.3 Å². The van der Waals surface area contributed by atoms with Gasteiger partial charge in [0.15, 0.2) is 5.75 Å². The lowest BCUT2D eigenvalue weighted by molar-refractivity contribution is -0.386. The molecule has 0 aliphatic carbocycles. The second-order valence-electron chi connectivity index (χ2n) is 4.79. The van der Waals surface area contributed by atoms with Crippen molar-refractivity contribution in [1.29, 1.82) is 0 Å². The molecule has 0 radical (unpaired) electrons. The number of fused-ring (bicyclic) bond motifs is 1. The van der Waals surface area contributed by atoms with E-state index in [9.17, 15) is 19.3 Å². The van der Waals surface area contributed by atoms with Crippen LogP contribution in [0.4, 0.5) is 10.1 Å². The fourth-order valence-corrected chi connectivity index (χ4v) is 2.88. The second kappa shape index (κ2) is 6.32.